The number of carbonyl (C=O) groups excluding carboxylic acids is 2. The molecule has 0 aromatic heterocycles. The first-order chi connectivity index (χ1) is 6.04. The van der Waals surface area contributed by atoms with Gasteiger partial charge in [0.15, 0.2) is 0 Å². The van der Waals surface area contributed by atoms with Crippen molar-refractivity contribution in [1.29, 1.82) is 0 Å². The van der Waals surface area contributed by atoms with Crippen LogP contribution in [-0.4, -0.2) is 25.5 Å². The van der Waals surface area contributed by atoms with Crippen molar-refractivity contribution in [1.82, 2.24) is 5.32 Å². The second kappa shape index (κ2) is 5.35. The first-order valence-electron chi connectivity index (χ1n) is 4.12. The van der Waals surface area contributed by atoms with Crippen molar-refractivity contribution in [2.24, 2.45) is 5.92 Å². The van der Waals surface area contributed by atoms with Gasteiger partial charge in [-0.3, -0.25) is 4.79 Å². The highest BCUT2D eigenvalue weighted by molar-refractivity contribution is 5.96. The zero-order valence-corrected chi connectivity index (χ0v) is 8.22. The van der Waals surface area contributed by atoms with Gasteiger partial charge in [0.25, 0.3) is 0 Å². The average Bonchev–Trinajstić information content (AvgIpc) is 2.14. The van der Waals surface area contributed by atoms with Gasteiger partial charge in [-0.1, -0.05) is 6.58 Å². The van der Waals surface area contributed by atoms with Crippen LogP contribution in [0.25, 0.3) is 0 Å². The summed E-state index contributed by atoms with van der Waals surface area (Å²) in [5.74, 6) is -1.29. The maximum Gasteiger partial charge on any atom is 0.334 e. The van der Waals surface area contributed by atoms with Crippen LogP contribution in [0.4, 0.5) is 0 Å². The zero-order valence-electron chi connectivity index (χ0n) is 8.22. The second-order valence-corrected chi connectivity index (χ2v) is 2.58. The molecular formula is C9H15NO3. The fraction of sp³-hybridized carbons (Fsp3) is 0.556. The second-order valence-electron chi connectivity index (χ2n) is 2.58. The van der Waals surface area contributed by atoms with Gasteiger partial charge in [-0.05, 0) is 13.8 Å². The molecule has 4 nitrogen and oxygen atoms in total. The number of hydrogen-bond acceptors (Lipinski definition) is 3. The molecule has 0 saturated heterocycles. The minimum Gasteiger partial charge on any atom is -0.463 e. The summed E-state index contributed by atoms with van der Waals surface area (Å²) in [4.78, 5) is 22.2. The number of esters is 1. The Morgan fingerprint density at radius 3 is 2.46 bits per heavy atom. The van der Waals surface area contributed by atoms with Crippen molar-refractivity contribution < 1.29 is 14.3 Å². The first-order valence-corrected chi connectivity index (χ1v) is 4.12. The lowest BCUT2D eigenvalue weighted by Gasteiger charge is -2.11. The molecule has 1 atom stereocenters. The Morgan fingerprint density at radius 2 is 2.08 bits per heavy atom. The summed E-state index contributed by atoms with van der Waals surface area (Å²) >= 11 is 0. The van der Waals surface area contributed by atoms with E-state index in [0.717, 1.165) is 0 Å². The fourth-order valence-corrected chi connectivity index (χ4v) is 0.775. The molecule has 1 unspecified atom stereocenters. The van der Waals surface area contributed by atoms with Gasteiger partial charge in [0.05, 0.1) is 12.5 Å². The summed E-state index contributed by atoms with van der Waals surface area (Å²) in [6, 6.07) is 0. The van der Waals surface area contributed by atoms with Gasteiger partial charge in [0.2, 0.25) is 5.91 Å². The summed E-state index contributed by atoms with van der Waals surface area (Å²) in [5, 5.41) is 2.44. The quantitative estimate of drug-likeness (QED) is 0.512. The third-order valence-electron chi connectivity index (χ3n) is 1.70. The van der Waals surface area contributed by atoms with Crippen LogP contribution in [0.5, 0.6) is 0 Å². The molecule has 74 valence electrons. The molecular weight excluding hydrogens is 170 g/mol. The summed E-state index contributed by atoms with van der Waals surface area (Å²) in [6.45, 7) is 7.11. The maximum absolute atomic E-state index is 11.1. The number of carbonyl (C=O) groups is 2. The summed E-state index contributed by atoms with van der Waals surface area (Å²) < 4.78 is 4.70. The van der Waals surface area contributed by atoms with Crippen molar-refractivity contribution in [3.8, 4) is 0 Å². The molecule has 4 heteroatoms. The van der Waals surface area contributed by atoms with Crippen molar-refractivity contribution >= 4 is 11.9 Å². The number of ether oxygens (including phenoxy) is 1. The highest BCUT2D eigenvalue weighted by Gasteiger charge is 2.21. The first kappa shape index (κ1) is 11.7. The van der Waals surface area contributed by atoms with Crippen molar-refractivity contribution in [2.75, 3.05) is 13.7 Å². The molecule has 0 rings (SSSR count). The molecule has 0 aromatic rings. The molecule has 0 heterocycles. The Labute approximate surface area is 78.0 Å². The Hall–Kier alpha value is -1.32. The lowest BCUT2D eigenvalue weighted by molar-refractivity contribution is -0.140. The number of hydrogen-bond donors (Lipinski definition) is 1. The highest BCUT2D eigenvalue weighted by Crippen LogP contribution is 2.09. The van der Waals surface area contributed by atoms with E-state index in [1.54, 1.807) is 13.8 Å². The Bertz CT molecular complexity index is 223. The molecule has 0 saturated carbocycles. The van der Waals surface area contributed by atoms with E-state index in [-0.39, 0.29) is 18.1 Å². The Morgan fingerprint density at radius 1 is 1.54 bits per heavy atom. The van der Waals surface area contributed by atoms with E-state index in [4.69, 9.17) is 4.74 Å². The van der Waals surface area contributed by atoms with Gasteiger partial charge in [0.1, 0.15) is 0 Å². The van der Waals surface area contributed by atoms with Gasteiger partial charge in [-0.25, -0.2) is 4.79 Å². The van der Waals surface area contributed by atoms with Gasteiger partial charge in [-0.2, -0.15) is 0 Å². The standard InChI is InChI=1S/C9H15NO3/c1-5-13-9(12)7(3)6(2)8(11)10-4/h6H,3,5H2,1-2,4H3,(H,10,11). The summed E-state index contributed by atoms with van der Waals surface area (Å²) in [5.41, 5.74) is 0.182. The molecule has 0 radical (unpaired) electrons. The molecule has 13 heavy (non-hydrogen) atoms. The minimum absolute atomic E-state index is 0.182. The predicted molar refractivity (Wildman–Crippen MR) is 49.0 cm³/mol. The van der Waals surface area contributed by atoms with Crippen LogP contribution in [-0.2, 0) is 14.3 Å². The van der Waals surface area contributed by atoms with Crippen molar-refractivity contribution in [3.05, 3.63) is 12.2 Å². The van der Waals surface area contributed by atoms with E-state index in [2.05, 4.69) is 11.9 Å². The van der Waals surface area contributed by atoms with Gasteiger partial charge >= 0.3 is 5.97 Å². The molecule has 0 aliphatic heterocycles. The Kier molecular flexibility index (Phi) is 4.80. The maximum atomic E-state index is 11.1. The summed E-state index contributed by atoms with van der Waals surface area (Å²) in [7, 11) is 1.51. The third-order valence-corrected chi connectivity index (χ3v) is 1.70. The fourth-order valence-electron chi connectivity index (χ4n) is 0.775. The van der Waals surface area contributed by atoms with E-state index in [9.17, 15) is 9.59 Å². The Balaban J connectivity index is 4.25. The van der Waals surface area contributed by atoms with E-state index in [1.165, 1.54) is 7.05 Å². The lowest BCUT2D eigenvalue weighted by Crippen LogP contribution is -2.29. The average molecular weight is 185 g/mol. The lowest BCUT2D eigenvalue weighted by atomic mass is 10.0. The molecule has 0 aliphatic carbocycles. The summed E-state index contributed by atoms with van der Waals surface area (Å²) in [6.07, 6.45) is 0. The van der Waals surface area contributed by atoms with Gasteiger partial charge < -0.3 is 10.1 Å². The smallest absolute Gasteiger partial charge is 0.334 e. The largest absolute Gasteiger partial charge is 0.463 e. The predicted octanol–water partition coefficient (Wildman–Crippen LogP) is 0.488. The molecule has 1 N–H and O–H groups in total. The zero-order chi connectivity index (χ0) is 10.4. The van der Waals surface area contributed by atoms with Crippen LogP contribution in [0.1, 0.15) is 13.8 Å². The molecule has 0 spiro atoms. The van der Waals surface area contributed by atoms with Crippen molar-refractivity contribution in [3.63, 3.8) is 0 Å². The molecule has 1 amide bonds. The van der Waals surface area contributed by atoms with Crippen LogP contribution in [0.15, 0.2) is 12.2 Å². The number of rotatable bonds is 4. The van der Waals surface area contributed by atoms with Crippen molar-refractivity contribution in [2.45, 2.75) is 13.8 Å². The third kappa shape index (κ3) is 3.27. The minimum atomic E-state index is -0.538. The van der Waals surface area contributed by atoms with E-state index in [0.29, 0.717) is 0 Å². The van der Waals surface area contributed by atoms with Gasteiger partial charge in [0, 0.05) is 12.6 Å². The molecule has 0 aliphatic rings. The molecule has 0 fully saturated rings. The van der Waals surface area contributed by atoms with Gasteiger partial charge in [-0.15, -0.1) is 0 Å². The van der Waals surface area contributed by atoms with Crippen LogP contribution < -0.4 is 5.32 Å². The van der Waals surface area contributed by atoms with Crippen LogP contribution in [0.3, 0.4) is 0 Å². The van der Waals surface area contributed by atoms with E-state index in [1.807, 2.05) is 0 Å². The molecule has 0 bridgehead atoms. The normalized spacial score (nSPS) is 11.6. The number of amides is 1. The number of nitrogens with one attached hydrogen (secondary N) is 1. The van der Waals surface area contributed by atoms with Crippen LogP contribution >= 0.6 is 0 Å². The van der Waals surface area contributed by atoms with E-state index >= 15 is 0 Å². The van der Waals surface area contributed by atoms with Crippen LogP contribution in [0, 0.1) is 5.92 Å². The highest BCUT2D eigenvalue weighted by atomic mass is 16.5. The SMILES string of the molecule is C=C(C(=O)OCC)C(C)C(=O)NC. The topological polar surface area (TPSA) is 55.4 Å². The monoisotopic (exact) mass is 185 g/mol. The van der Waals surface area contributed by atoms with E-state index < -0.39 is 11.9 Å². The van der Waals surface area contributed by atoms with Crippen LogP contribution in [0.2, 0.25) is 0 Å². The molecule has 0 aromatic carbocycles.